The van der Waals surface area contributed by atoms with Gasteiger partial charge in [-0.2, -0.15) is 0 Å². The highest BCUT2D eigenvalue weighted by molar-refractivity contribution is 5.83. The van der Waals surface area contributed by atoms with Crippen molar-refractivity contribution >= 4 is 22.8 Å². The number of likely N-dealkylation sites (tertiary alicyclic amines) is 1. The number of halogens is 2. The Morgan fingerprint density at radius 1 is 1.03 bits per heavy atom. The second-order valence-corrected chi connectivity index (χ2v) is 10.9. The zero-order valence-corrected chi connectivity index (χ0v) is 22.1. The van der Waals surface area contributed by atoms with Crippen molar-refractivity contribution in [1.29, 1.82) is 0 Å². The van der Waals surface area contributed by atoms with E-state index in [1.807, 2.05) is 43.7 Å². The first kappa shape index (κ1) is 24.8. The molecular weight excluding hydrogens is 486 g/mol. The van der Waals surface area contributed by atoms with Gasteiger partial charge in [-0.1, -0.05) is 6.07 Å². The van der Waals surface area contributed by atoms with Crippen molar-refractivity contribution in [2.75, 3.05) is 31.5 Å². The minimum atomic E-state index is -0.636. The molecule has 8 nitrogen and oxygen atoms in total. The molecule has 38 heavy (non-hydrogen) atoms. The van der Waals surface area contributed by atoms with Crippen molar-refractivity contribution in [2.45, 2.75) is 46.2 Å². The van der Waals surface area contributed by atoms with E-state index in [0.717, 1.165) is 37.9 Å². The lowest BCUT2D eigenvalue weighted by atomic mass is 9.78. The van der Waals surface area contributed by atoms with Crippen LogP contribution in [0.15, 0.2) is 36.7 Å². The lowest BCUT2D eigenvalue weighted by Crippen LogP contribution is -2.57. The second-order valence-electron chi connectivity index (χ2n) is 10.9. The summed E-state index contributed by atoms with van der Waals surface area (Å²) in [5.41, 5.74) is 2.78. The van der Waals surface area contributed by atoms with Gasteiger partial charge in [0.15, 0.2) is 11.6 Å². The Balaban J connectivity index is 1.22. The topological polar surface area (TPSA) is 83.8 Å². The summed E-state index contributed by atoms with van der Waals surface area (Å²) in [6.07, 6.45) is 4.19. The minimum Gasteiger partial charge on any atom is -0.326 e. The van der Waals surface area contributed by atoms with E-state index in [1.165, 1.54) is 12.5 Å². The number of nitrogens with zero attached hydrogens (tertiary/aromatic N) is 6. The fourth-order valence-corrected chi connectivity index (χ4v) is 5.89. The monoisotopic (exact) mass is 518 g/mol. The number of anilines is 2. The molecule has 3 aromatic heterocycles. The Hall–Kier alpha value is -3.50. The molecule has 0 unspecified atom stereocenters. The highest BCUT2D eigenvalue weighted by Crippen LogP contribution is 2.40. The number of imidazole rings is 1. The first-order chi connectivity index (χ1) is 18.2. The van der Waals surface area contributed by atoms with E-state index in [2.05, 4.69) is 42.4 Å². The summed E-state index contributed by atoms with van der Waals surface area (Å²) in [4.78, 5) is 19.8. The summed E-state index contributed by atoms with van der Waals surface area (Å²) < 4.78 is 31.7. The largest absolute Gasteiger partial charge is 0.326 e. The van der Waals surface area contributed by atoms with Crippen LogP contribution in [0.4, 0.5) is 20.5 Å². The molecule has 0 saturated carbocycles. The number of rotatable bonds is 6. The van der Waals surface area contributed by atoms with Crippen molar-refractivity contribution in [3.63, 3.8) is 0 Å². The Morgan fingerprint density at radius 3 is 2.53 bits per heavy atom. The maximum atomic E-state index is 15.0. The molecule has 0 radical (unpaired) electrons. The van der Waals surface area contributed by atoms with Crippen molar-refractivity contribution in [3.8, 4) is 11.3 Å². The van der Waals surface area contributed by atoms with Gasteiger partial charge in [0, 0.05) is 48.9 Å². The molecule has 0 aliphatic carbocycles. The zero-order valence-electron chi connectivity index (χ0n) is 22.1. The molecule has 2 saturated heterocycles. The Labute approximate surface area is 220 Å². The maximum Gasteiger partial charge on any atom is 0.229 e. The average Bonchev–Trinajstić information content (AvgIpc) is 3.49. The Morgan fingerprint density at radius 2 is 1.84 bits per heavy atom. The molecule has 2 aliphatic rings. The summed E-state index contributed by atoms with van der Waals surface area (Å²) in [5, 5.41) is 6.53. The van der Waals surface area contributed by atoms with Crippen molar-refractivity contribution < 1.29 is 8.78 Å². The highest BCUT2D eigenvalue weighted by Gasteiger charge is 2.46. The molecule has 2 N–H and O–H groups in total. The minimum absolute atomic E-state index is 0.0100. The van der Waals surface area contributed by atoms with Gasteiger partial charge in [-0.25, -0.2) is 28.7 Å². The van der Waals surface area contributed by atoms with Crippen LogP contribution in [-0.2, 0) is 0 Å². The Bertz CT molecular complexity index is 1480. The number of aryl methyl sites for hydroxylation is 1. The molecular formula is C28H32F2N8. The van der Waals surface area contributed by atoms with E-state index in [-0.39, 0.29) is 29.2 Å². The number of hydrogen-bond donors (Lipinski definition) is 2. The summed E-state index contributed by atoms with van der Waals surface area (Å²) in [6, 6.07) is 7.26. The molecule has 2 fully saturated rings. The maximum absolute atomic E-state index is 15.0. The van der Waals surface area contributed by atoms with Crippen LogP contribution >= 0.6 is 0 Å². The predicted molar refractivity (Wildman–Crippen MR) is 143 cm³/mol. The summed E-state index contributed by atoms with van der Waals surface area (Å²) in [6.45, 7) is 12.5. The van der Waals surface area contributed by atoms with Gasteiger partial charge >= 0.3 is 0 Å². The van der Waals surface area contributed by atoms with Crippen LogP contribution in [0.3, 0.4) is 0 Å². The van der Waals surface area contributed by atoms with Crippen LogP contribution in [0.2, 0.25) is 0 Å². The van der Waals surface area contributed by atoms with Crippen LogP contribution in [-0.4, -0.2) is 55.6 Å². The fraction of sp³-hybridized carbons (Fsp3) is 0.429. The lowest BCUT2D eigenvalue weighted by Gasteiger charge is -2.50. The third-order valence-corrected chi connectivity index (χ3v) is 7.92. The Kier molecular flexibility index (Phi) is 6.11. The van der Waals surface area contributed by atoms with Crippen LogP contribution in [0.1, 0.15) is 50.7 Å². The van der Waals surface area contributed by atoms with Gasteiger partial charge in [-0.15, -0.1) is 0 Å². The quantitative estimate of drug-likeness (QED) is 0.365. The highest BCUT2D eigenvalue weighted by atomic mass is 19.1. The van der Waals surface area contributed by atoms with Gasteiger partial charge in [-0.3, -0.25) is 4.90 Å². The number of aromatic nitrogens is 5. The van der Waals surface area contributed by atoms with E-state index in [9.17, 15) is 8.78 Å². The fourth-order valence-electron chi connectivity index (χ4n) is 5.89. The summed E-state index contributed by atoms with van der Waals surface area (Å²) in [5.74, 6) is 0.278. The summed E-state index contributed by atoms with van der Waals surface area (Å²) in [7, 11) is 0. The number of hydrogen-bond acceptors (Lipinski definition) is 7. The van der Waals surface area contributed by atoms with E-state index >= 15 is 0 Å². The molecule has 2 aliphatic heterocycles. The third kappa shape index (κ3) is 4.31. The lowest BCUT2D eigenvalue weighted by molar-refractivity contribution is -0.0133. The molecule has 0 bridgehead atoms. The smallest absolute Gasteiger partial charge is 0.229 e. The SMILES string of the molecule is Cc1nc2c(F)cc(-c3nc(Nc4ccc([C@@H](C)N5CC6(CCNC6)C5)cn4)ncc3F)cc2n1C(C)C. The number of nitrogens with one attached hydrogen (secondary N) is 2. The molecule has 1 aromatic carbocycles. The molecule has 6 rings (SSSR count). The molecule has 10 heteroatoms. The number of benzene rings is 1. The predicted octanol–water partition coefficient (Wildman–Crippen LogP) is 5.16. The van der Waals surface area contributed by atoms with Gasteiger partial charge in [-0.05, 0) is 64.4 Å². The van der Waals surface area contributed by atoms with E-state index < -0.39 is 11.6 Å². The third-order valence-electron chi connectivity index (χ3n) is 7.92. The molecule has 5 heterocycles. The zero-order chi connectivity index (χ0) is 26.6. The normalized spacial score (nSPS) is 17.9. The van der Waals surface area contributed by atoms with Gasteiger partial charge in [0.25, 0.3) is 0 Å². The number of pyridine rings is 1. The van der Waals surface area contributed by atoms with E-state index in [0.29, 0.717) is 28.1 Å². The van der Waals surface area contributed by atoms with Crippen LogP contribution in [0, 0.1) is 24.0 Å². The molecule has 1 spiro atoms. The van der Waals surface area contributed by atoms with E-state index in [1.54, 1.807) is 6.07 Å². The van der Waals surface area contributed by atoms with Crippen LogP contribution < -0.4 is 10.6 Å². The van der Waals surface area contributed by atoms with E-state index in [4.69, 9.17) is 0 Å². The molecule has 0 amide bonds. The van der Waals surface area contributed by atoms with Gasteiger partial charge < -0.3 is 15.2 Å². The van der Waals surface area contributed by atoms with Crippen LogP contribution in [0.25, 0.3) is 22.3 Å². The van der Waals surface area contributed by atoms with Gasteiger partial charge in [0.05, 0.1) is 11.7 Å². The second kappa shape index (κ2) is 9.36. The van der Waals surface area contributed by atoms with Crippen molar-refractivity contribution in [1.82, 2.24) is 34.7 Å². The van der Waals surface area contributed by atoms with Crippen LogP contribution in [0.5, 0.6) is 0 Å². The molecule has 4 aromatic rings. The van der Waals surface area contributed by atoms with Gasteiger partial charge in [0.2, 0.25) is 5.95 Å². The van der Waals surface area contributed by atoms with Gasteiger partial charge in [0.1, 0.15) is 22.9 Å². The number of fused-ring (bicyclic) bond motifs is 1. The first-order valence-corrected chi connectivity index (χ1v) is 13.1. The molecule has 198 valence electrons. The van der Waals surface area contributed by atoms with Crippen molar-refractivity contribution in [2.24, 2.45) is 5.41 Å². The standard InChI is InChI=1S/C28H32F2N8/c1-16(2)38-18(4)34-26-21(29)9-20(10-23(26)38)25-22(30)12-33-27(36-25)35-24-6-5-19(11-32-24)17(3)37-14-28(15-37)7-8-31-13-28/h5-6,9-12,16-17,31H,7-8,13-15H2,1-4H3,(H,32,33,35,36)/t17-/m1/s1. The summed E-state index contributed by atoms with van der Waals surface area (Å²) >= 11 is 0. The average molecular weight is 519 g/mol. The van der Waals surface area contributed by atoms with Crippen molar-refractivity contribution in [3.05, 3.63) is 59.7 Å². The molecule has 1 atom stereocenters. The first-order valence-electron chi connectivity index (χ1n) is 13.1.